The molecule has 0 aliphatic heterocycles. The summed E-state index contributed by atoms with van der Waals surface area (Å²) in [5.41, 5.74) is 18.6. The molecule has 0 amide bonds. The van der Waals surface area contributed by atoms with Crippen molar-refractivity contribution in [2.24, 2.45) is 0 Å². The predicted molar refractivity (Wildman–Crippen MR) is 212 cm³/mol. The maximum absolute atomic E-state index is 2.54. The Kier molecular flexibility index (Phi) is 7.26. The monoisotopic (exact) mass is 616 g/mol. The van der Waals surface area contributed by atoms with Crippen LogP contribution in [0.5, 0.6) is 0 Å². The minimum atomic E-state index is 0.0798. The predicted octanol–water partition coefficient (Wildman–Crippen LogP) is 10.6. The van der Waals surface area contributed by atoms with E-state index in [4.69, 9.17) is 0 Å². The summed E-state index contributed by atoms with van der Waals surface area (Å²) >= 11 is 0. The van der Waals surface area contributed by atoms with E-state index >= 15 is 0 Å². The third-order valence-corrected chi connectivity index (χ3v) is 10.6. The molecule has 0 aromatic heterocycles. The molecule has 48 heavy (non-hydrogen) atoms. The SMILES string of the molecule is Cc1cccc(-c2ccc3ccc4c(-c5cccc(C)c5)cc(B(c5c(C)cccc5C)c5c(C)cc(C)cc5C)c5ccc2c3c54)c1. The Morgan fingerprint density at radius 1 is 0.375 bits per heavy atom. The largest absolute Gasteiger partial charge is 0.243 e. The molecule has 0 saturated carbocycles. The summed E-state index contributed by atoms with van der Waals surface area (Å²) in [6.07, 6.45) is 0. The van der Waals surface area contributed by atoms with E-state index in [1.807, 2.05) is 0 Å². The average molecular weight is 617 g/mol. The summed E-state index contributed by atoms with van der Waals surface area (Å²) in [5, 5.41) is 7.99. The first kappa shape index (κ1) is 30.2. The lowest BCUT2D eigenvalue weighted by molar-refractivity contribution is 1.35. The van der Waals surface area contributed by atoms with E-state index in [1.54, 1.807) is 0 Å². The fourth-order valence-corrected chi connectivity index (χ4v) is 8.66. The highest BCUT2D eigenvalue weighted by Gasteiger charge is 2.31. The Labute approximate surface area is 285 Å². The van der Waals surface area contributed by atoms with Crippen molar-refractivity contribution in [1.29, 1.82) is 0 Å². The summed E-state index contributed by atoms with van der Waals surface area (Å²) in [4.78, 5) is 0. The van der Waals surface area contributed by atoms with Gasteiger partial charge >= 0.3 is 0 Å². The molecule has 8 rings (SSSR count). The summed E-state index contributed by atoms with van der Waals surface area (Å²) in [6, 6.07) is 46.2. The number of hydrogen-bond acceptors (Lipinski definition) is 0. The maximum atomic E-state index is 2.54. The van der Waals surface area contributed by atoms with E-state index < -0.39 is 0 Å². The van der Waals surface area contributed by atoms with Gasteiger partial charge in [0.1, 0.15) is 0 Å². The first-order chi connectivity index (χ1) is 23.2. The molecule has 1 heteroatoms. The van der Waals surface area contributed by atoms with Crippen molar-refractivity contribution in [3.05, 3.63) is 160 Å². The first-order valence-electron chi connectivity index (χ1n) is 17.2. The normalized spacial score (nSPS) is 11.6. The molecule has 0 atom stereocenters. The lowest BCUT2D eigenvalue weighted by Gasteiger charge is -2.27. The third-order valence-electron chi connectivity index (χ3n) is 10.6. The number of hydrogen-bond donors (Lipinski definition) is 0. The van der Waals surface area contributed by atoms with Crippen LogP contribution in [-0.4, -0.2) is 6.71 Å². The summed E-state index contributed by atoms with van der Waals surface area (Å²) in [5.74, 6) is 0. The molecule has 0 fully saturated rings. The highest BCUT2D eigenvalue weighted by molar-refractivity contribution is 6.98. The Morgan fingerprint density at radius 2 is 0.896 bits per heavy atom. The molecule has 0 radical (unpaired) electrons. The van der Waals surface area contributed by atoms with Crippen molar-refractivity contribution in [3.8, 4) is 22.3 Å². The fourth-order valence-electron chi connectivity index (χ4n) is 8.66. The smallest absolute Gasteiger partial charge is 0.0629 e. The van der Waals surface area contributed by atoms with Crippen LogP contribution in [0.3, 0.4) is 0 Å². The van der Waals surface area contributed by atoms with E-state index in [2.05, 4.69) is 170 Å². The van der Waals surface area contributed by atoms with Crippen LogP contribution in [-0.2, 0) is 0 Å². The highest BCUT2D eigenvalue weighted by Crippen LogP contribution is 2.42. The molecule has 0 aliphatic rings. The van der Waals surface area contributed by atoms with Gasteiger partial charge in [-0.15, -0.1) is 0 Å². The van der Waals surface area contributed by atoms with Crippen molar-refractivity contribution in [1.82, 2.24) is 0 Å². The standard InChI is InChI=1S/C47H41B/c1-28-11-8-15-36(25-28)38-19-17-35-18-20-40-42(37-16-9-12-29(2)26-37)27-43(41-22-21-39(38)44(35)45(40)41)48(46-31(4)13-10-14-32(46)5)47-33(6)23-30(3)24-34(47)7/h8-27H,1-7H3. The second-order valence-electron chi connectivity index (χ2n) is 14.2. The lowest BCUT2D eigenvalue weighted by Crippen LogP contribution is -2.56. The van der Waals surface area contributed by atoms with Crippen LogP contribution < -0.4 is 16.4 Å². The number of aryl methyl sites for hydroxylation is 7. The van der Waals surface area contributed by atoms with Crippen LogP contribution in [0.2, 0.25) is 0 Å². The second-order valence-corrected chi connectivity index (χ2v) is 14.2. The van der Waals surface area contributed by atoms with Crippen molar-refractivity contribution in [2.75, 3.05) is 0 Å². The van der Waals surface area contributed by atoms with E-state index in [0.29, 0.717) is 0 Å². The minimum absolute atomic E-state index is 0.0798. The van der Waals surface area contributed by atoms with Gasteiger partial charge in [-0.05, 0) is 103 Å². The second kappa shape index (κ2) is 11.5. The molecule has 8 aromatic carbocycles. The van der Waals surface area contributed by atoms with Crippen LogP contribution in [0.1, 0.15) is 38.9 Å². The van der Waals surface area contributed by atoms with Gasteiger partial charge in [-0.3, -0.25) is 0 Å². The van der Waals surface area contributed by atoms with E-state index in [-0.39, 0.29) is 6.71 Å². The topological polar surface area (TPSA) is 0 Å². The van der Waals surface area contributed by atoms with Gasteiger partial charge in [0.25, 0.3) is 0 Å². The van der Waals surface area contributed by atoms with E-state index in [9.17, 15) is 0 Å². The Bertz CT molecular complexity index is 2490. The molecule has 0 saturated heterocycles. The van der Waals surface area contributed by atoms with Crippen LogP contribution in [0.4, 0.5) is 0 Å². The average Bonchev–Trinajstić information content (AvgIpc) is 3.05. The van der Waals surface area contributed by atoms with Gasteiger partial charge in [-0.2, -0.15) is 0 Å². The lowest BCUT2D eigenvalue weighted by atomic mass is 9.33. The summed E-state index contributed by atoms with van der Waals surface area (Å²) in [6.45, 7) is 15.9. The van der Waals surface area contributed by atoms with Gasteiger partial charge < -0.3 is 0 Å². The van der Waals surface area contributed by atoms with Crippen LogP contribution in [0.15, 0.2) is 121 Å². The molecular weight excluding hydrogens is 575 g/mol. The van der Waals surface area contributed by atoms with Gasteiger partial charge in [0.15, 0.2) is 0 Å². The molecule has 0 heterocycles. The molecule has 0 N–H and O–H groups in total. The Morgan fingerprint density at radius 3 is 1.54 bits per heavy atom. The molecule has 0 unspecified atom stereocenters. The van der Waals surface area contributed by atoms with Gasteiger partial charge in [0, 0.05) is 0 Å². The zero-order chi connectivity index (χ0) is 33.3. The van der Waals surface area contributed by atoms with Gasteiger partial charge in [-0.25, -0.2) is 0 Å². The quantitative estimate of drug-likeness (QED) is 0.133. The zero-order valence-electron chi connectivity index (χ0n) is 29.1. The van der Waals surface area contributed by atoms with Gasteiger partial charge in [-0.1, -0.05) is 177 Å². The van der Waals surface area contributed by atoms with Crippen molar-refractivity contribution in [3.63, 3.8) is 0 Å². The van der Waals surface area contributed by atoms with E-state index in [1.165, 1.54) is 110 Å². The number of rotatable bonds is 5. The van der Waals surface area contributed by atoms with Crippen molar-refractivity contribution < 1.29 is 0 Å². The fraction of sp³-hybridized carbons (Fsp3) is 0.149. The minimum Gasteiger partial charge on any atom is -0.0629 e. The van der Waals surface area contributed by atoms with Crippen molar-refractivity contribution >= 4 is 55.4 Å². The molecule has 0 spiro atoms. The molecule has 232 valence electrons. The summed E-state index contributed by atoms with van der Waals surface area (Å²) < 4.78 is 0. The molecular formula is C47H41B. The van der Waals surface area contributed by atoms with Gasteiger partial charge in [0.05, 0.1) is 0 Å². The van der Waals surface area contributed by atoms with Crippen molar-refractivity contribution in [2.45, 2.75) is 48.5 Å². The van der Waals surface area contributed by atoms with Crippen LogP contribution in [0, 0.1) is 48.5 Å². The van der Waals surface area contributed by atoms with Gasteiger partial charge in [0.2, 0.25) is 6.71 Å². The third kappa shape index (κ3) is 4.84. The first-order valence-corrected chi connectivity index (χ1v) is 17.2. The molecule has 8 aromatic rings. The van der Waals surface area contributed by atoms with Crippen LogP contribution in [0.25, 0.3) is 54.6 Å². The Balaban J connectivity index is 1.57. The van der Waals surface area contributed by atoms with Crippen LogP contribution >= 0.6 is 0 Å². The zero-order valence-corrected chi connectivity index (χ0v) is 29.1. The molecule has 0 aliphatic carbocycles. The Hall–Kier alpha value is -5.14. The summed E-state index contributed by atoms with van der Waals surface area (Å²) in [7, 11) is 0. The highest BCUT2D eigenvalue weighted by atomic mass is 14.2. The van der Waals surface area contributed by atoms with E-state index in [0.717, 1.165) is 0 Å². The molecule has 0 bridgehead atoms. The molecule has 0 nitrogen and oxygen atoms in total. The number of benzene rings is 8. The maximum Gasteiger partial charge on any atom is 0.243 e.